The van der Waals surface area contributed by atoms with Gasteiger partial charge in [0.1, 0.15) is 12.4 Å². The van der Waals surface area contributed by atoms with Gasteiger partial charge in [0.2, 0.25) is 5.82 Å². The largest absolute Gasteiger partial charge is 0.349 e. The number of aromatic nitrogens is 4. The molecule has 2 N–H and O–H groups in total. The standard InChI is InChI=1S/C20H27FN6O/c21-16-8-6-15(7-9-16)20(28)22-17-10-12-26(13-11-17)14-19-23-24-25-27(19)18-4-2-1-3-5-18/h6-9,17-18H,1-5,10-14H2,(H,22,28)/p+1. The molecule has 1 saturated carbocycles. The number of halogens is 1. The molecule has 2 aromatic rings. The van der Waals surface area contributed by atoms with Crippen LogP contribution in [0, 0.1) is 5.82 Å². The number of benzene rings is 1. The highest BCUT2D eigenvalue weighted by atomic mass is 19.1. The Balaban J connectivity index is 1.27. The van der Waals surface area contributed by atoms with Crippen LogP contribution in [0.2, 0.25) is 0 Å². The molecule has 0 atom stereocenters. The molecular weight excluding hydrogens is 359 g/mol. The highest BCUT2D eigenvalue weighted by Gasteiger charge is 2.27. The summed E-state index contributed by atoms with van der Waals surface area (Å²) >= 11 is 0. The lowest BCUT2D eigenvalue weighted by Crippen LogP contribution is -3.12. The zero-order valence-corrected chi connectivity index (χ0v) is 16.1. The van der Waals surface area contributed by atoms with Crippen LogP contribution in [-0.4, -0.2) is 45.2 Å². The summed E-state index contributed by atoms with van der Waals surface area (Å²) in [5.41, 5.74) is 0.503. The van der Waals surface area contributed by atoms with E-state index in [9.17, 15) is 9.18 Å². The summed E-state index contributed by atoms with van der Waals surface area (Å²) in [6, 6.07) is 6.30. The second-order valence-corrected chi connectivity index (χ2v) is 8.01. The molecule has 2 fully saturated rings. The molecule has 1 aromatic heterocycles. The van der Waals surface area contributed by atoms with Gasteiger partial charge in [-0.1, -0.05) is 19.3 Å². The number of amides is 1. The Labute approximate surface area is 164 Å². The number of carbonyl (C=O) groups is 1. The molecule has 0 radical (unpaired) electrons. The average molecular weight is 387 g/mol. The number of likely N-dealkylation sites (tertiary alicyclic amines) is 1. The second-order valence-electron chi connectivity index (χ2n) is 8.01. The minimum absolute atomic E-state index is 0.130. The molecule has 28 heavy (non-hydrogen) atoms. The van der Waals surface area contributed by atoms with Crippen molar-refractivity contribution in [1.29, 1.82) is 0 Å². The van der Waals surface area contributed by atoms with E-state index in [1.54, 1.807) is 0 Å². The van der Waals surface area contributed by atoms with Gasteiger partial charge in [-0.3, -0.25) is 4.79 Å². The molecule has 8 heteroatoms. The van der Waals surface area contributed by atoms with Crippen LogP contribution in [0.25, 0.3) is 0 Å². The van der Waals surface area contributed by atoms with E-state index in [2.05, 4.69) is 25.5 Å². The minimum Gasteiger partial charge on any atom is -0.349 e. The van der Waals surface area contributed by atoms with E-state index in [1.807, 2.05) is 0 Å². The zero-order chi connectivity index (χ0) is 19.3. The van der Waals surface area contributed by atoms with Crippen LogP contribution < -0.4 is 10.2 Å². The first-order valence-electron chi connectivity index (χ1n) is 10.4. The molecule has 150 valence electrons. The van der Waals surface area contributed by atoms with Crippen LogP contribution in [0.15, 0.2) is 24.3 Å². The maximum absolute atomic E-state index is 13.0. The van der Waals surface area contributed by atoms with Crippen molar-refractivity contribution in [3.63, 3.8) is 0 Å². The Morgan fingerprint density at radius 3 is 2.54 bits per heavy atom. The predicted molar refractivity (Wildman–Crippen MR) is 101 cm³/mol. The Morgan fingerprint density at radius 1 is 1.11 bits per heavy atom. The third kappa shape index (κ3) is 4.55. The fraction of sp³-hybridized carbons (Fsp3) is 0.600. The van der Waals surface area contributed by atoms with Gasteiger partial charge in [-0.05, 0) is 47.5 Å². The molecule has 4 rings (SSSR count). The summed E-state index contributed by atoms with van der Waals surface area (Å²) in [5, 5.41) is 15.5. The summed E-state index contributed by atoms with van der Waals surface area (Å²) in [7, 11) is 0. The van der Waals surface area contributed by atoms with Gasteiger partial charge in [-0.15, -0.1) is 5.10 Å². The Hall–Kier alpha value is -2.35. The quantitative estimate of drug-likeness (QED) is 0.811. The average Bonchev–Trinajstić information content (AvgIpc) is 3.19. The van der Waals surface area contributed by atoms with Gasteiger partial charge in [-0.2, -0.15) is 0 Å². The molecule has 1 aromatic carbocycles. The molecule has 1 aliphatic carbocycles. The molecule has 2 aliphatic rings. The van der Waals surface area contributed by atoms with Gasteiger partial charge >= 0.3 is 0 Å². The van der Waals surface area contributed by atoms with Crippen molar-refractivity contribution in [1.82, 2.24) is 25.5 Å². The van der Waals surface area contributed by atoms with Crippen molar-refractivity contribution >= 4 is 5.91 Å². The first kappa shape index (κ1) is 19.0. The second kappa shape index (κ2) is 8.77. The first-order chi connectivity index (χ1) is 13.7. The maximum atomic E-state index is 13.0. The summed E-state index contributed by atoms with van der Waals surface area (Å²) in [6.07, 6.45) is 8.03. The van der Waals surface area contributed by atoms with E-state index in [0.29, 0.717) is 11.6 Å². The Morgan fingerprint density at radius 2 is 1.82 bits per heavy atom. The van der Waals surface area contributed by atoms with E-state index < -0.39 is 0 Å². The molecule has 1 amide bonds. The van der Waals surface area contributed by atoms with Crippen LogP contribution in [0.5, 0.6) is 0 Å². The smallest absolute Gasteiger partial charge is 0.251 e. The summed E-state index contributed by atoms with van der Waals surface area (Å²) < 4.78 is 15.1. The normalized spacial score (nSPS) is 23.5. The number of hydrogen-bond acceptors (Lipinski definition) is 4. The molecule has 0 unspecified atom stereocenters. The van der Waals surface area contributed by atoms with Crippen molar-refractivity contribution < 1.29 is 14.1 Å². The number of tetrazole rings is 1. The molecule has 7 nitrogen and oxygen atoms in total. The fourth-order valence-electron chi connectivity index (χ4n) is 4.38. The Kier molecular flexibility index (Phi) is 5.95. The first-order valence-corrected chi connectivity index (χ1v) is 10.4. The van der Waals surface area contributed by atoms with Crippen LogP contribution in [-0.2, 0) is 6.54 Å². The third-order valence-corrected chi connectivity index (χ3v) is 6.02. The molecular formula is C20H28FN6O+. The topological polar surface area (TPSA) is 77.1 Å². The van der Waals surface area contributed by atoms with E-state index in [-0.39, 0.29) is 17.8 Å². The minimum atomic E-state index is -0.330. The molecule has 0 bridgehead atoms. The zero-order valence-electron chi connectivity index (χ0n) is 16.1. The van der Waals surface area contributed by atoms with Crippen LogP contribution in [0.3, 0.4) is 0 Å². The number of nitrogens with zero attached hydrogens (tertiary/aromatic N) is 4. The van der Waals surface area contributed by atoms with Gasteiger partial charge in [0.25, 0.3) is 5.91 Å². The number of rotatable bonds is 5. The van der Waals surface area contributed by atoms with Crippen LogP contribution in [0.4, 0.5) is 4.39 Å². The highest BCUT2D eigenvalue weighted by molar-refractivity contribution is 5.94. The number of quaternary nitrogens is 1. The number of carbonyl (C=O) groups excluding carboxylic acids is 1. The van der Waals surface area contributed by atoms with Gasteiger partial charge in [0, 0.05) is 24.4 Å². The number of nitrogens with one attached hydrogen (secondary N) is 2. The van der Waals surface area contributed by atoms with Crippen molar-refractivity contribution in [2.24, 2.45) is 0 Å². The van der Waals surface area contributed by atoms with Crippen molar-refractivity contribution in [3.8, 4) is 0 Å². The van der Waals surface area contributed by atoms with Crippen LogP contribution in [0.1, 0.15) is 67.2 Å². The van der Waals surface area contributed by atoms with E-state index in [0.717, 1.165) is 38.3 Å². The third-order valence-electron chi connectivity index (χ3n) is 6.02. The highest BCUT2D eigenvalue weighted by Crippen LogP contribution is 2.27. The lowest BCUT2D eigenvalue weighted by molar-refractivity contribution is -0.919. The Bertz CT molecular complexity index is 778. The van der Waals surface area contributed by atoms with Crippen molar-refractivity contribution in [2.45, 2.75) is 63.6 Å². The van der Waals surface area contributed by atoms with Crippen molar-refractivity contribution in [3.05, 3.63) is 41.5 Å². The van der Waals surface area contributed by atoms with Gasteiger partial charge < -0.3 is 10.2 Å². The molecule has 0 spiro atoms. The summed E-state index contributed by atoms with van der Waals surface area (Å²) in [6.45, 7) is 2.79. The monoisotopic (exact) mass is 387 g/mol. The lowest BCUT2D eigenvalue weighted by atomic mass is 9.95. The van der Waals surface area contributed by atoms with Gasteiger partial charge in [0.15, 0.2) is 0 Å². The molecule has 1 saturated heterocycles. The maximum Gasteiger partial charge on any atom is 0.251 e. The molecule has 2 heterocycles. The lowest BCUT2D eigenvalue weighted by Gasteiger charge is -2.30. The SMILES string of the molecule is O=C(NC1CC[NH+](Cc2nnnn2C2CCCCC2)CC1)c1ccc(F)cc1. The van der Waals surface area contributed by atoms with Crippen molar-refractivity contribution in [2.75, 3.05) is 13.1 Å². The number of hydrogen-bond donors (Lipinski definition) is 2. The fourth-order valence-corrected chi connectivity index (χ4v) is 4.38. The van der Waals surface area contributed by atoms with Crippen LogP contribution >= 0.6 is 0 Å². The molecule has 1 aliphatic heterocycles. The van der Waals surface area contributed by atoms with Gasteiger partial charge in [0.05, 0.1) is 19.1 Å². The van der Waals surface area contributed by atoms with E-state index >= 15 is 0 Å². The van der Waals surface area contributed by atoms with Gasteiger partial charge in [-0.25, -0.2) is 9.07 Å². The summed E-state index contributed by atoms with van der Waals surface area (Å²) in [4.78, 5) is 13.8. The van der Waals surface area contributed by atoms with E-state index in [4.69, 9.17) is 0 Å². The van der Waals surface area contributed by atoms with E-state index in [1.165, 1.54) is 61.3 Å². The predicted octanol–water partition coefficient (Wildman–Crippen LogP) is 1.29. The summed E-state index contributed by atoms with van der Waals surface area (Å²) in [5.74, 6) is 0.523. The number of piperidine rings is 1.